The second kappa shape index (κ2) is 13.4. The van der Waals surface area contributed by atoms with Crippen LogP contribution in [0.25, 0.3) is 0 Å². The van der Waals surface area contributed by atoms with E-state index in [2.05, 4.69) is 47.5 Å². The second-order valence-electron chi connectivity index (χ2n) is 7.56. The van der Waals surface area contributed by atoms with Crippen molar-refractivity contribution in [3.8, 4) is 0 Å². The number of nitrogens with one attached hydrogen (secondary N) is 1. The summed E-state index contributed by atoms with van der Waals surface area (Å²) in [7, 11) is 0. The summed E-state index contributed by atoms with van der Waals surface area (Å²) in [5.74, 6) is 1.78. The van der Waals surface area contributed by atoms with Crippen molar-refractivity contribution in [2.45, 2.75) is 45.1 Å². The fourth-order valence-electron chi connectivity index (χ4n) is 3.91. The number of nitrogens with zero attached hydrogens (tertiary/aromatic N) is 2. The molecule has 0 bridgehead atoms. The van der Waals surface area contributed by atoms with Crippen molar-refractivity contribution in [2.24, 2.45) is 10.9 Å². The molecule has 0 saturated carbocycles. The molecule has 1 atom stereocenters. The van der Waals surface area contributed by atoms with Gasteiger partial charge in [-0.05, 0) is 50.5 Å². The van der Waals surface area contributed by atoms with Crippen LogP contribution in [0.15, 0.2) is 35.3 Å². The normalized spacial score (nSPS) is 20.8. The summed E-state index contributed by atoms with van der Waals surface area (Å²) in [6, 6.07) is 10.8. The highest BCUT2D eigenvalue weighted by molar-refractivity contribution is 14.0. The summed E-state index contributed by atoms with van der Waals surface area (Å²) in [5.41, 5.74) is 1.44. The zero-order chi connectivity index (χ0) is 18.7. The molecule has 2 fully saturated rings. The van der Waals surface area contributed by atoms with Gasteiger partial charge < -0.3 is 19.7 Å². The highest BCUT2D eigenvalue weighted by Gasteiger charge is 2.24. The van der Waals surface area contributed by atoms with Crippen LogP contribution in [0, 0.1) is 5.92 Å². The Morgan fingerprint density at radius 2 is 2.00 bits per heavy atom. The Kier molecular flexibility index (Phi) is 11.2. The van der Waals surface area contributed by atoms with Crippen molar-refractivity contribution in [3.05, 3.63) is 35.9 Å². The predicted molar refractivity (Wildman–Crippen MR) is 126 cm³/mol. The van der Waals surface area contributed by atoms with Gasteiger partial charge in [-0.15, -0.1) is 24.0 Å². The van der Waals surface area contributed by atoms with Crippen LogP contribution >= 0.6 is 24.0 Å². The number of guanidine groups is 1. The van der Waals surface area contributed by atoms with Crippen LogP contribution in [0.4, 0.5) is 0 Å². The van der Waals surface area contributed by atoms with Gasteiger partial charge in [-0.1, -0.05) is 30.3 Å². The molecule has 0 aromatic heterocycles. The quantitative estimate of drug-likeness (QED) is 0.255. The van der Waals surface area contributed by atoms with E-state index in [1.165, 1.54) is 12.0 Å². The van der Waals surface area contributed by atoms with Gasteiger partial charge in [0, 0.05) is 46.0 Å². The van der Waals surface area contributed by atoms with Crippen LogP contribution in [0.5, 0.6) is 0 Å². The molecule has 2 saturated heterocycles. The first-order valence-corrected chi connectivity index (χ1v) is 10.6. The van der Waals surface area contributed by atoms with E-state index >= 15 is 0 Å². The molecule has 3 rings (SSSR count). The van der Waals surface area contributed by atoms with Gasteiger partial charge in [0.05, 0.1) is 6.10 Å². The molecule has 0 radical (unpaired) electrons. The summed E-state index contributed by atoms with van der Waals surface area (Å²) < 4.78 is 11.3. The van der Waals surface area contributed by atoms with Gasteiger partial charge in [0.2, 0.25) is 0 Å². The Labute approximate surface area is 187 Å². The maximum atomic E-state index is 5.95. The molecule has 0 spiro atoms. The Bertz CT molecular complexity index is 564. The minimum atomic E-state index is 0. The fourth-order valence-corrected chi connectivity index (χ4v) is 3.91. The van der Waals surface area contributed by atoms with Crippen LogP contribution < -0.4 is 5.32 Å². The third-order valence-corrected chi connectivity index (χ3v) is 5.37. The lowest BCUT2D eigenvalue weighted by Crippen LogP contribution is -2.40. The molecular formula is C22H36IN3O2. The molecular weight excluding hydrogens is 465 g/mol. The Morgan fingerprint density at radius 3 is 2.75 bits per heavy atom. The largest absolute Gasteiger partial charge is 0.381 e. The topological polar surface area (TPSA) is 46.1 Å². The smallest absolute Gasteiger partial charge is 0.193 e. The first-order chi connectivity index (χ1) is 13.3. The summed E-state index contributed by atoms with van der Waals surface area (Å²) >= 11 is 0. The van der Waals surface area contributed by atoms with Crippen LogP contribution in [-0.4, -0.2) is 63.0 Å². The van der Waals surface area contributed by atoms with Crippen molar-refractivity contribution < 1.29 is 9.47 Å². The third-order valence-electron chi connectivity index (χ3n) is 5.37. The summed E-state index contributed by atoms with van der Waals surface area (Å²) in [4.78, 5) is 7.27. The highest BCUT2D eigenvalue weighted by atomic mass is 127. The molecule has 1 aromatic rings. The van der Waals surface area contributed by atoms with Gasteiger partial charge in [-0.3, -0.25) is 4.99 Å². The lowest BCUT2D eigenvalue weighted by Gasteiger charge is -2.23. The molecule has 5 nitrogen and oxygen atoms in total. The molecule has 2 aliphatic heterocycles. The van der Waals surface area contributed by atoms with E-state index in [-0.39, 0.29) is 24.0 Å². The molecule has 28 heavy (non-hydrogen) atoms. The monoisotopic (exact) mass is 501 g/mol. The van der Waals surface area contributed by atoms with Crippen LogP contribution in [0.1, 0.15) is 38.2 Å². The maximum absolute atomic E-state index is 5.95. The Hall–Kier alpha value is -0.860. The number of benzene rings is 1. The minimum Gasteiger partial charge on any atom is -0.381 e. The molecule has 0 amide bonds. The van der Waals surface area contributed by atoms with Gasteiger partial charge in [0.1, 0.15) is 0 Å². The van der Waals surface area contributed by atoms with E-state index in [4.69, 9.17) is 14.5 Å². The number of ether oxygens (including phenoxy) is 2. The number of hydrogen-bond acceptors (Lipinski definition) is 3. The Balaban J connectivity index is 0.00000280. The van der Waals surface area contributed by atoms with Crippen molar-refractivity contribution >= 4 is 29.9 Å². The van der Waals surface area contributed by atoms with Gasteiger partial charge in [-0.25, -0.2) is 0 Å². The molecule has 2 aliphatic rings. The Morgan fingerprint density at radius 1 is 1.21 bits per heavy atom. The van der Waals surface area contributed by atoms with Gasteiger partial charge in [0.25, 0.3) is 0 Å². The van der Waals surface area contributed by atoms with Crippen LogP contribution in [0.3, 0.4) is 0 Å². The molecule has 1 unspecified atom stereocenters. The van der Waals surface area contributed by atoms with E-state index in [0.29, 0.717) is 12.0 Å². The van der Waals surface area contributed by atoms with E-state index in [0.717, 1.165) is 77.6 Å². The molecule has 1 N–H and O–H groups in total. The molecule has 0 aliphatic carbocycles. The number of aliphatic imine (C=N–C) groups is 1. The fraction of sp³-hybridized carbons (Fsp3) is 0.682. The van der Waals surface area contributed by atoms with Gasteiger partial charge >= 0.3 is 0 Å². The minimum absolute atomic E-state index is 0. The summed E-state index contributed by atoms with van der Waals surface area (Å²) in [5, 5.41) is 3.47. The number of halogens is 1. The first kappa shape index (κ1) is 23.4. The van der Waals surface area contributed by atoms with E-state index in [1.54, 1.807) is 0 Å². The predicted octanol–water partition coefficient (Wildman–Crippen LogP) is 3.72. The van der Waals surface area contributed by atoms with Crippen LogP contribution in [0.2, 0.25) is 0 Å². The average Bonchev–Trinajstić information content (AvgIpc) is 3.17. The van der Waals surface area contributed by atoms with Crippen molar-refractivity contribution in [3.63, 3.8) is 0 Å². The lowest BCUT2D eigenvalue weighted by atomic mass is 9.99. The standard InChI is InChI=1S/C22H35N3O2.HI/c1-2-23-22(24-12-6-14-27-21-10-15-26-16-11-21)25-13-9-20(18-25)17-19-7-4-3-5-8-19;/h3-5,7-8,20-21H,2,6,9-18H2,1H3,(H,23,24);1H. The second-order valence-corrected chi connectivity index (χ2v) is 7.56. The number of rotatable bonds is 8. The first-order valence-electron chi connectivity index (χ1n) is 10.6. The maximum Gasteiger partial charge on any atom is 0.193 e. The number of hydrogen-bond donors (Lipinski definition) is 1. The van der Waals surface area contributed by atoms with E-state index < -0.39 is 0 Å². The summed E-state index contributed by atoms with van der Waals surface area (Å²) in [6.45, 7) is 8.55. The van der Waals surface area contributed by atoms with Crippen molar-refractivity contribution in [1.82, 2.24) is 10.2 Å². The van der Waals surface area contributed by atoms with E-state index in [9.17, 15) is 0 Å². The molecule has 1 aromatic carbocycles. The third kappa shape index (κ3) is 7.87. The van der Waals surface area contributed by atoms with Crippen molar-refractivity contribution in [1.29, 1.82) is 0 Å². The molecule has 158 valence electrons. The van der Waals surface area contributed by atoms with Gasteiger partial charge in [-0.2, -0.15) is 0 Å². The highest BCUT2D eigenvalue weighted by Crippen LogP contribution is 2.21. The van der Waals surface area contributed by atoms with Crippen molar-refractivity contribution in [2.75, 3.05) is 46.0 Å². The zero-order valence-electron chi connectivity index (χ0n) is 17.1. The van der Waals surface area contributed by atoms with Crippen LogP contribution in [-0.2, 0) is 15.9 Å². The van der Waals surface area contributed by atoms with Gasteiger partial charge in [0.15, 0.2) is 5.96 Å². The van der Waals surface area contributed by atoms with E-state index in [1.807, 2.05) is 0 Å². The number of likely N-dealkylation sites (tertiary alicyclic amines) is 1. The zero-order valence-corrected chi connectivity index (χ0v) is 19.5. The molecule has 6 heteroatoms. The lowest BCUT2D eigenvalue weighted by molar-refractivity contribution is -0.0318. The molecule has 2 heterocycles. The average molecular weight is 501 g/mol. The SMILES string of the molecule is CCNC(=NCCCOC1CCOCC1)N1CCC(Cc2ccccc2)C1.I. The summed E-state index contributed by atoms with van der Waals surface area (Å²) in [6.07, 6.45) is 5.83.